The van der Waals surface area contributed by atoms with E-state index in [2.05, 4.69) is 6.92 Å². The van der Waals surface area contributed by atoms with Gasteiger partial charge in [0.15, 0.2) is 11.8 Å². The predicted molar refractivity (Wildman–Crippen MR) is 125 cm³/mol. The summed E-state index contributed by atoms with van der Waals surface area (Å²) in [5, 5.41) is 9.40. The molecule has 2 fully saturated rings. The van der Waals surface area contributed by atoms with Crippen molar-refractivity contribution in [3.05, 3.63) is 65.1 Å². The molecule has 0 bridgehead atoms. The number of thioether (sulfide) groups is 1. The predicted octanol–water partition coefficient (Wildman–Crippen LogP) is 5.77. The van der Waals surface area contributed by atoms with Gasteiger partial charge < -0.3 is 4.74 Å². The summed E-state index contributed by atoms with van der Waals surface area (Å²) in [6, 6.07) is 19.4. The molecule has 1 aliphatic carbocycles. The number of para-hydroxylation sites is 1. The summed E-state index contributed by atoms with van der Waals surface area (Å²) in [6.45, 7) is 2.26. The smallest absolute Gasteiger partial charge is 0.267 e. The molecule has 1 aliphatic heterocycles. The van der Waals surface area contributed by atoms with E-state index in [1.165, 1.54) is 18.2 Å². The van der Waals surface area contributed by atoms with Gasteiger partial charge in [0, 0.05) is 6.04 Å². The van der Waals surface area contributed by atoms with Crippen LogP contribution in [-0.2, 0) is 4.79 Å². The molecule has 0 aromatic heterocycles. The summed E-state index contributed by atoms with van der Waals surface area (Å²) in [5.41, 5.74) is 1.77. The fourth-order valence-corrected chi connectivity index (χ4v) is 5.12. The largest absolute Gasteiger partial charge is 0.479 e. The number of hydrogen-bond donors (Lipinski definition) is 0. The molecule has 158 valence electrons. The number of aliphatic imine (C=N–C) groups is 1. The Labute approximate surface area is 187 Å². The molecule has 2 aliphatic rings. The summed E-state index contributed by atoms with van der Waals surface area (Å²) in [7, 11) is 0. The van der Waals surface area contributed by atoms with Gasteiger partial charge in [-0.3, -0.25) is 9.69 Å². The second-order valence-corrected chi connectivity index (χ2v) is 8.87. The fraction of sp³-hybridized carbons (Fsp3) is 0.320. The van der Waals surface area contributed by atoms with Crippen molar-refractivity contribution in [3.8, 4) is 11.8 Å². The quantitative estimate of drug-likeness (QED) is 0.564. The first kappa shape index (κ1) is 21.2. The molecule has 0 radical (unpaired) electrons. The monoisotopic (exact) mass is 431 g/mol. The van der Waals surface area contributed by atoms with Crippen molar-refractivity contribution in [1.82, 2.24) is 4.90 Å². The maximum atomic E-state index is 13.5. The highest BCUT2D eigenvalue weighted by atomic mass is 32.2. The Kier molecular flexibility index (Phi) is 6.73. The maximum absolute atomic E-state index is 13.5. The number of carbonyl (C=O) groups excluding carboxylic acids is 1. The summed E-state index contributed by atoms with van der Waals surface area (Å²) >= 11 is 1.44. The van der Waals surface area contributed by atoms with E-state index in [-0.39, 0.29) is 18.6 Å². The highest BCUT2D eigenvalue weighted by molar-refractivity contribution is 8.18. The number of carbonyl (C=O) groups is 1. The first-order valence-corrected chi connectivity index (χ1v) is 11.4. The van der Waals surface area contributed by atoms with E-state index in [1.807, 2.05) is 71.6 Å². The molecule has 0 N–H and O–H groups in total. The summed E-state index contributed by atoms with van der Waals surface area (Å²) in [5.74, 6) is 1.12. The first-order valence-electron chi connectivity index (χ1n) is 10.6. The summed E-state index contributed by atoms with van der Waals surface area (Å²) in [4.78, 5) is 20.9. The second kappa shape index (κ2) is 9.84. The molecule has 2 aromatic carbocycles. The number of nitrogens with zero attached hydrogens (tertiary/aromatic N) is 3. The number of amides is 1. The Morgan fingerprint density at radius 2 is 1.90 bits per heavy atom. The molecule has 1 saturated heterocycles. The Morgan fingerprint density at radius 1 is 1.16 bits per heavy atom. The van der Waals surface area contributed by atoms with Gasteiger partial charge in [-0.25, -0.2) is 4.99 Å². The van der Waals surface area contributed by atoms with Crippen molar-refractivity contribution in [2.75, 3.05) is 6.61 Å². The molecule has 4 rings (SSSR count). The Bertz CT molecular complexity index is 1020. The van der Waals surface area contributed by atoms with Crippen LogP contribution in [0, 0.1) is 17.2 Å². The van der Waals surface area contributed by atoms with Gasteiger partial charge in [-0.05, 0) is 66.4 Å². The Balaban J connectivity index is 1.64. The van der Waals surface area contributed by atoms with Gasteiger partial charge in [0.05, 0.1) is 10.6 Å². The van der Waals surface area contributed by atoms with Crippen LogP contribution in [0.25, 0.3) is 6.08 Å². The van der Waals surface area contributed by atoms with Crippen LogP contribution < -0.4 is 4.74 Å². The van der Waals surface area contributed by atoms with E-state index in [0.717, 1.165) is 35.7 Å². The number of amidine groups is 1. The van der Waals surface area contributed by atoms with Crippen LogP contribution in [0.15, 0.2) is 64.5 Å². The summed E-state index contributed by atoms with van der Waals surface area (Å²) < 4.78 is 5.31. The van der Waals surface area contributed by atoms with Gasteiger partial charge in [-0.2, -0.15) is 5.26 Å². The lowest BCUT2D eigenvalue weighted by molar-refractivity contribution is -0.124. The fourth-order valence-electron chi connectivity index (χ4n) is 4.08. The molecule has 1 heterocycles. The highest BCUT2D eigenvalue weighted by Gasteiger charge is 2.41. The number of rotatable bonds is 5. The molecule has 5 nitrogen and oxygen atoms in total. The van der Waals surface area contributed by atoms with Gasteiger partial charge in [0.25, 0.3) is 5.91 Å². The van der Waals surface area contributed by atoms with Gasteiger partial charge >= 0.3 is 0 Å². The SMILES string of the molecule is C[C@H]1CCCC[C@H]1N1C(=O)/C(=C/c2ccc(OCC#N)cc2)SC1=Nc1ccccc1. The van der Waals surface area contributed by atoms with Crippen molar-refractivity contribution < 1.29 is 9.53 Å². The number of benzene rings is 2. The molecule has 0 unspecified atom stereocenters. The van der Waals surface area contributed by atoms with Gasteiger partial charge in [-0.1, -0.05) is 50.1 Å². The average molecular weight is 432 g/mol. The van der Waals surface area contributed by atoms with E-state index in [9.17, 15) is 4.79 Å². The topological polar surface area (TPSA) is 65.7 Å². The number of hydrogen-bond acceptors (Lipinski definition) is 5. The van der Waals surface area contributed by atoms with E-state index in [0.29, 0.717) is 16.6 Å². The molecule has 1 saturated carbocycles. The van der Waals surface area contributed by atoms with Crippen molar-refractivity contribution in [2.45, 2.75) is 38.6 Å². The van der Waals surface area contributed by atoms with E-state index in [4.69, 9.17) is 15.0 Å². The lowest BCUT2D eigenvalue weighted by Crippen LogP contribution is -2.44. The van der Waals surface area contributed by atoms with Crippen LogP contribution in [0.3, 0.4) is 0 Å². The normalized spacial score (nSPS) is 23.9. The van der Waals surface area contributed by atoms with Gasteiger partial charge in [0.2, 0.25) is 0 Å². The minimum Gasteiger partial charge on any atom is -0.479 e. The average Bonchev–Trinajstić information content (AvgIpc) is 3.09. The third-order valence-corrected chi connectivity index (χ3v) is 6.68. The zero-order valence-electron chi connectivity index (χ0n) is 17.5. The van der Waals surface area contributed by atoms with E-state index < -0.39 is 0 Å². The van der Waals surface area contributed by atoms with Crippen molar-refractivity contribution in [1.29, 1.82) is 5.26 Å². The number of ether oxygens (including phenoxy) is 1. The Hall–Kier alpha value is -3.04. The van der Waals surface area contributed by atoms with E-state index >= 15 is 0 Å². The Morgan fingerprint density at radius 3 is 2.61 bits per heavy atom. The van der Waals surface area contributed by atoms with Crippen LogP contribution in [0.1, 0.15) is 38.2 Å². The highest BCUT2D eigenvalue weighted by Crippen LogP contribution is 2.40. The van der Waals surface area contributed by atoms with Crippen LogP contribution in [0.2, 0.25) is 0 Å². The van der Waals surface area contributed by atoms with Crippen LogP contribution in [0.4, 0.5) is 5.69 Å². The third-order valence-electron chi connectivity index (χ3n) is 5.70. The summed E-state index contributed by atoms with van der Waals surface area (Å²) in [6.07, 6.45) is 6.43. The lowest BCUT2D eigenvalue weighted by atomic mass is 9.85. The molecule has 1 amide bonds. The van der Waals surface area contributed by atoms with Crippen LogP contribution in [-0.4, -0.2) is 28.6 Å². The molecular formula is C25H25N3O2S. The zero-order chi connectivity index (χ0) is 21.6. The third kappa shape index (κ3) is 5.00. The zero-order valence-corrected chi connectivity index (χ0v) is 18.3. The standard InChI is InChI=1S/C25H25N3O2S/c1-18-7-5-6-10-22(18)28-24(29)23(31-25(28)27-20-8-3-2-4-9-20)17-19-11-13-21(14-12-19)30-16-15-26/h2-4,8-9,11-14,17-18,22H,5-7,10,16H2,1H3/b23-17-,27-25?/t18-,22+/m0/s1. The van der Waals surface area contributed by atoms with Crippen LogP contribution >= 0.6 is 11.8 Å². The molecule has 0 spiro atoms. The molecular weight excluding hydrogens is 406 g/mol. The maximum Gasteiger partial charge on any atom is 0.267 e. The number of nitriles is 1. The van der Waals surface area contributed by atoms with E-state index in [1.54, 1.807) is 0 Å². The van der Waals surface area contributed by atoms with Crippen LogP contribution in [0.5, 0.6) is 5.75 Å². The van der Waals surface area contributed by atoms with Gasteiger partial charge in [-0.15, -0.1) is 0 Å². The van der Waals surface area contributed by atoms with Gasteiger partial charge in [0.1, 0.15) is 11.8 Å². The van der Waals surface area contributed by atoms with Crippen molar-refractivity contribution >= 4 is 34.6 Å². The lowest BCUT2D eigenvalue weighted by Gasteiger charge is -2.35. The molecule has 31 heavy (non-hydrogen) atoms. The van der Waals surface area contributed by atoms with Crippen molar-refractivity contribution in [3.63, 3.8) is 0 Å². The second-order valence-electron chi connectivity index (χ2n) is 7.86. The minimum atomic E-state index is 0.0165. The van der Waals surface area contributed by atoms with Crippen molar-refractivity contribution in [2.24, 2.45) is 10.9 Å². The first-order chi connectivity index (χ1) is 15.2. The molecule has 2 atom stereocenters. The minimum absolute atomic E-state index is 0.0165. The molecule has 6 heteroatoms. The molecule has 2 aromatic rings.